The predicted octanol–water partition coefficient (Wildman–Crippen LogP) is 3.93. The fraction of sp³-hybridized carbons (Fsp3) is 0.278. The summed E-state index contributed by atoms with van der Waals surface area (Å²) in [5.41, 5.74) is 1.56. The summed E-state index contributed by atoms with van der Waals surface area (Å²) >= 11 is 1.63. The lowest BCUT2D eigenvalue weighted by Crippen LogP contribution is -2.00. The number of ether oxygens (including phenoxy) is 3. The smallest absolute Gasteiger partial charge is 0.227 e. The van der Waals surface area contributed by atoms with E-state index in [1.807, 2.05) is 12.3 Å². The minimum atomic E-state index is 0.475. The van der Waals surface area contributed by atoms with E-state index >= 15 is 0 Å². The van der Waals surface area contributed by atoms with Crippen LogP contribution in [-0.4, -0.2) is 36.3 Å². The van der Waals surface area contributed by atoms with Gasteiger partial charge in [0.25, 0.3) is 0 Å². The SMILES string of the molecule is CCc1ncc(-c2ccnc(Nc3cc(OC)c(OC)c(OC)c3)n2)s1. The molecule has 8 heteroatoms. The van der Waals surface area contributed by atoms with Crippen LogP contribution in [-0.2, 0) is 6.42 Å². The van der Waals surface area contributed by atoms with Crippen LogP contribution in [0.5, 0.6) is 17.2 Å². The van der Waals surface area contributed by atoms with Crippen molar-refractivity contribution in [1.82, 2.24) is 15.0 Å². The molecule has 0 aliphatic heterocycles. The first-order valence-corrected chi connectivity index (χ1v) is 8.85. The number of nitrogens with one attached hydrogen (secondary N) is 1. The summed E-state index contributed by atoms with van der Waals surface area (Å²) in [5, 5.41) is 4.26. The third-order valence-electron chi connectivity index (χ3n) is 3.68. The molecule has 1 N–H and O–H groups in total. The van der Waals surface area contributed by atoms with Gasteiger partial charge in [-0.3, -0.25) is 0 Å². The van der Waals surface area contributed by atoms with Gasteiger partial charge < -0.3 is 19.5 Å². The molecule has 7 nitrogen and oxygen atoms in total. The molecule has 2 aromatic heterocycles. The standard InChI is InChI=1S/C18H20N4O3S/c1-5-16-20-10-15(26-16)12-6-7-19-18(22-12)21-11-8-13(23-2)17(25-4)14(9-11)24-3/h6-10H,5H2,1-4H3,(H,19,21,22). The summed E-state index contributed by atoms with van der Waals surface area (Å²) in [5.74, 6) is 2.12. The molecule has 0 spiro atoms. The number of thiazole rings is 1. The van der Waals surface area contributed by atoms with Crippen molar-refractivity contribution in [2.75, 3.05) is 26.6 Å². The van der Waals surface area contributed by atoms with E-state index in [9.17, 15) is 0 Å². The Kier molecular flexibility index (Phi) is 5.52. The maximum atomic E-state index is 5.37. The third kappa shape index (κ3) is 3.70. The zero-order valence-electron chi connectivity index (χ0n) is 15.1. The van der Waals surface area contributed by atoms with Crippen LogP contribution in [0.2, 0.25) is 0 Å². The molecule has 1 aromatic carbocycles. The molecular formula is C18H20N4O3S. The van der Waals surface area contributed by atoms with Crippen molar-refractivity contribution in [2.45, 2.75) is 13.3 Å². The van der Waals surface area contributed by atoms with Crippen molar-refractivity contribution in [1.29, 1.82) is 0 Å². The van der Waals surface area contributed by atoms with Gasteiger partial charge in [-0.1, -0.05) is 6.92 Å². The van der Waals surface area contributed by atoms with Crippen molar-refractivity contribution >= 4 is 23.0 Å². The van der Waals surface area contributed by atoms with Gasteiger partial charge in [0, 0.05) is 30.2 Å². The Morgan fingerprint density at radius 2 is 1.77 bits per heavy atom. The minimum absolute atomic E-state index is 0.475. The van der Waals surface area contributed by atoms with Crippen LogP contribution < -0.4 is 19.5 Å². The highest BCUT2D eigenvalue weighted by atomic mass is 32.1. The van der Waals surface area contributed by atoms with Gasteiger partial charge in [0.05, 0.1) is 36.9 Å². The van der Waals surface area contributed by atoms with Gasteiger partial charge in [-0.2, -0.15) is 0 Å². The van der Waals surface area contributed by atoms with Gasteiger partial charge in [-0.15, -0.1) is 11.3 Å². The number of benzene rings is 1. The second-order valence-electron chi connectivity index (χ2n) is 5.28. The normalized spacial score (nSPS) is 10.5. The zero-order chi connectivity index (χ0) is 18.5. The Balaban J connectivity index is 1.90. The van der Waals surface area contributed by atoms with E-state index in [0.29, 0.717) is 23.2 Å². The molecule has 3 aromatic rings. The fourth-order valence-electron chi connectivity index (χ4n) is 2.43. The second-order valence-corrected chi connectivity index (χ2v) is 6.39. The van der Waals surface area contributed by atoms with Crippen molar-refractivity contribution in [2.24, 2.45) is 0 Å². The maximum absolute atomic E-state index is 5.37. The van der Waals surface area contributed by atoms with E-state index in [1.165, 1.54) is 0 Å². The van der Waals surface area contributed by atoms with Crippen LogP contribution in [0, 0.1) is 0 Å². The van der Waals surface area contributed by atoms with Gasteiger partial charge in [0.1, 0.15) is 0 Å². The van der Waals surface area contributed by atoms with E-state index in [1.54, 1.807) is 51.0 Å². The Labute approximate surface area is 156 Å². The van der Waals surface area contributed by atoms with E-state index in [2.05, 4.69) is 27.2 Å². The number of aryl methyl sites for hydroxylation is 1. The lowest BCUT2D eigenvalue weighted by molar-refractivity contribution is 0.324. The van der Waals surface area contributed by atoms with Crippen molar-refractivity contribution in [3.05, 3.63) is 35.6 Å². The predicted molar refractivity (Wildman–Crippen MR) is 102 cm³/mol. The maximum Gasteiger partial charge on any atom is 0.227 e. The number of hydrogen-bond acceptors (Lipinski definition) is 8. The summed E-state index contributed by atoms with van der Waals surface area (Å²) in [6.07, 6.45) is 4.47. The van der Waals surface area contributed by atoms with E-state index in [-0.39, 0.29) is 0 Å². The molecular weight excluding hydrogens is 352 g/mol. The third-order valence-corrected chi connectivity index (χ3v) is 4.85. The highest BCUT2D eigenvalue weighted by Crippen LogP contribution is 2.40. The van der Waals surface area contributed by atoms with Crippen LogP contribution in [0.4, 0.5) is 11.6 Å². The Morgan fingerprint density at radius 1 is 1.04 bits per heavy atom. The molecule has 0 saturated heterocycles. The first kappa shape index (κ1) is 17.9. The lowest BCUT2D eigenvalue weighted by atomic mass is 10.2. The van der Waals surface area contributed by atoms with Crippen molar-refractivity contribution in [3.8, 4) is 27.8 Å². The lowest BCUT2D eigenvalue weighted by Gasteiger charge is -2.14. The quantitative estimate of drug-likeness (QED) is 0.673. The number of rotatable bonds is 7. The van der Waals surface area contributed by atoms with Crippen LogP contribution in [0.1, 0.15) is 11.9 Å². The molecule has 0 saturated carbocycles. The molecule has 0 bridgehead atoms. The first-order valence-electron chi connectivity index (χ1n) is 8.03. The molecule has 0 atom stereocenters. The number of hydrogen-bond donors (Lipinski definition) is 1. The monoisotopic (exact) mass is 372 g/mol. The summed E-state index contributed by atoms with van der Waals surface area (Å²) in [4.78, 5) is 14.3. The molecule has 0 aliphatic carbocycles. The molecule has 0 radical (unpaired) electrons. The van der Waals surface area contributed by atoms with E-state index in [4.69, 9.17) is 14.2 Å². The molecule has 136 valence electrons. The molecule has 26 heavy (non-hydrogen) atoms. The number of aromatic nitrogens is 3. The van der Waals surface area contributed by atoms with Gasteiger partial charge in [0.15, 0.2) is 11.5 Å². The van der Waals surface area contributed by atoms with E-state index < -0.39 is 0 Å². The average molecular weight is 372 g/mol. The van der Waals surface area contributed by atoms with Crippen LogP contribution in [0.15, 0.2) is 30.6 Å². The second kappa shape index (κ2) is 8.01. The molecule has 0 aliphatic rings. The van der Waals surface area contributed by atoms with Gasteiger partial charge in [0.2, 0.25) is 11.7 Å². The minimum Gasteiger partial charge on any atom is -0.493 e. The summed E-state index contributed by atoms with van der Waals surface area (Å²) < 4.78 is 16.1. The highest BCUT2D eigenvalue weighted by Gasteiger charge is 2.14. The molecule has 0 fully saturated rings. The molecule has 2 heterocycles. The van der Waals surface area contributed by atoms with Crippen molar-refractivity contribution < 1.29 is 14.2 Å². The molecule has 0 amide bonds. The first-order chi connectivity index (χ1) is 12.7. The zero-order valence-corrected chi connectivity index (χ0v) is 15.9. The van der Waals surface area contributed by atoms with Crippen LogP contribution >= 0.6 is 11.3 Å². The van der Waals surface area contributed by atoms with Gasteiger partial charge in [-0.25, -0.2) is 15.0 Å². The highest BCUT2D eigenvalue weighted by molar-refractivity contribution is 7.15. The van der Waals surface area contributed by atoms with Crippen LogP contribution in [0.3, 0.4) is 0 Å². The summed E-state index contributed by atoms with van der Waals surface area (Å²) in [7, 11) is 4.72. The summed E-state index contributed by atoms with van der Waals surface area (Å²) in [6.45, 7) is 2.08. The number of nitrogens with zero attached hydrogens (tertiary/aromatic N) is 3. The Hall–Kier alpha value is -2.87. The van der Waals surface area contributed by atoms with Crippen LogP contribution in [0.25, 0.3) is 10.6 Å². The number of methoxy groups -OCH3 is 3. The molecule has 0 unspecified atom stereocenters. The summed E-state index contributed by atoms with van der Waals surface area (Å²) in [6, 6.07) is 5.48. The fourth-order valence-corrected chi connectivity index (χ4v) is 3.26. The van der Waals surface area contributed by atoms with E-state index in [0.717, 1.165) is 27.7 Å². The largest absolute Gasteiger partial charge is 0.493 e. The van der Waals surface area contributed by atoms with Crippen molar-refractivity contribution in [3.63, 3.8) is 0 Å². The Morgan fingerprint density at radius 3 is 2.35 bits per heavy atom. The van der Waals surface area contributed by atoms with Gasteiger partial charge >= 0.3 is 0 Å². The average Bonchev–Trinajstić information content (AvgIpc) is 3.16. The topological polar surface area (TPSA) is 78.4 Å². The Bertz CT molecular complexity index is 873. The molecule has 3 rings (SSSR count). The number of anilines is 2. The van der Waals surface area contributed by atoms with Gasteiger partial charge in [-0.05, 0) is 12.5 Å².